The number of rotatable bonds is 6. The predicted molar refractivity (Wildman–Crippen MR) is 115 cm³/mol. The molecule has 1 amide bonds. The third-order valence-electron chi connectivity index (χ3n) is 5.27. The number of nitrogens with zero attached hydrogens (tertiary/aromatic N) is 4. The molecular formula is C24H23N5O. The van der Waals surface area contributed by atoms with E-state index in [-0.39, 0.29) is 17.5 Å². The predicted octanol–water partition coefficient (Wildman–Crippen LogP) is 3.96. The second-order valence-corrected chi connectivity index (χ2v) is 7.48. The Morgan fingerprint density at radius 2 is 2.00 bits per heavy atom. The molecule has 1 N–H and O–H groups in total. The van der Waals surface area contributed by atoms with Crippen LogP contribution in [0.3, 0.4) is 0 Å². The molecule has 0 bridgehead atoms. The van der Waals surface area contributed by atoms with Gasteiger partial charge in [0.05, 0.1) is 6.54 Å². The van der Waals surface area contributed by atoms with Crippen LogP contribution in [0.5, 0.6) is 0 Å². The summed E-state index contributed by atoms with van der Waals surface area (Å²) in [6.07, 6.45) is 11.1. The molecule has 0 radical (unpaired) electrons. The van der Waals surface area contributed by atoms with E-state index in [0.717, 1.165) is 42.4 Å². The lowest BCUT2D eigenvalue weighted by molar-refractivity contribution is -0.117. The maximum atomic E-state index is 12.6. The minimum Gasteiger partial charge on any atom is -0.349 e. The standard InChI is InChI=1S/C24H23N5O/c25-14-20(24(30)27-22-10-4-5-11-22)13-21-17-29(16-18-7-2-1-3-8-18)28-23(21)19-9-6-12-26-15-19/h1-3,6-9,12-13,15,17,22H,4-5,10-11,16H2,(H,27,30)/b20-13-. The topological polar surface area (TPSA) is 83.6 Å². The molecule has 3 aromatic rings. The molecule has 2 aromatic heterocycles. The Hall–Kier alpha value is -3.72. The van der Waals surface area contributed by atoms with Crippen LogP contribution in [0, 0.1) is 11.3 Å². The lowest BCUT2D eigenvalue weighted by atomic mass is 10.1. The summed E-state index contributed by atoms with van der Waals surface area (Å²) in [7, 11) is 0. The van der Waals surface area contributed by atoms with Crippen LogP contribution >= 0.6 is 0 Å². The Kier molecular flexibility index (Phi) is 6.00. The lowest BCUT2D eigenvalue weighted by Gasteiger charge is -2.10. The van der Waals surface area contributed by atoms with Crippen molar-refractivity contribution in [1.82, 2.24) is 20.1 Å². The average molecular weight is 397 g/mol. The first-order valence-corrected chi connectivity index (χ1v) is 10.2. The molecule has 1 saturated carbocycles. The summed E-state index contributed by atoms with van der Waals surface area (Å²) in [6.45, 7) is 0.595. The van der Waals surface area contributed by atoms with E-state index in [1.165, 1.54) is 0 Å². The number of benzene rings is 1. The SMILES string of the molecule is N#C/C(=C/c1cn(Cc2ccccc2)nc1-c1cccnc1)C(=O)NC1CCCC1. The van der Waals surface area contributed by atoms with Crippen molar-refractivity contribution in [3.63, 3.8) is 0 Å². The van der Waals surface area contributed by atoms with E-state index in [2.05, 4.69) is 16.4 Å². The van der Waals surface area contributed by atoms with Crippen LogP contribution in [0.1, 0.15) is 36.8 Å². The number of pyridine rings is 1. The quantitative estimate of drug-likeness (QED) is 0.504. The summed E-state index contributed by atoms with van der Waals surface area (Å²) < 4.78 is 1.83. The van der Waals surface area contributed by atoms with Crippen LogP contribution in [-0.4, -0.2) is 26.7 Å². The van der Waals surface area contributed by atoms with E-state index in [1.807, 2.05) is 53.3 Å². The van der Waals surface area contributed by atoms with Crippen molar-refractivity contribution >= 4 is 12.0 Å². The van der Waals surface area contributed by atoms with Gasteiger partial charge < -0.3 is 5.32 Å². The van der Waals surface area contributed by atoms with Crippen LogP contribution in [0.2, 0.25) is 0 Å². The van der Waals surface area contributed by atoms with E-state index in [1.54, 1.807) is 18.5 Å². The van der Waals surface area contributed by atoms with Gasteiger partial charge in [0.15, 0.2) is 0 Å². The molecule has 4 rings (SSSR count). The largest absolute Gasteiger partial charge is 0.349 e. The smallest absolute Gasteiger partial charge is 0.262 e. The van der Waals surface area contributed by atoms with Gasteiger partial charge in [0.2, 0.25) is 0 Å². The van der Waals surface area contributed by atoms with Gasteiger partial charge in [-0.2, -0.15) is 10.4 Å². The summed E-state index contributed by atoms with van der Waals surface area (Å²) in [6, 6.07) is 16.0. The number of nitrogens with one attached hydrogen (secondary N) is 1. The van der Waals surface area contributed by atoms with Gasteiger partial charge in [0.1, 0.15) is 17.3 Å². The fraction of sp³-hybridized carbons (Fsp3) is 0.250. The third kappa shape index (κ3) is 4.64. The summed E-state index contributed by atoms with van der Waals surface area (Å²) in [4.78, 5) is 16.8. The fourth-order valence-corrected chi connectivity index (χ4v) is 3.76. The number of carbonyl (C=O) groups excluding carboxylic acids is 1. The Balaban J connectivity index is 1.66. The first kappa shape index (κ1) is 19.6. The van der Waals surface area contributed by atoms with Gasteiger partial charge in [-0.05, 0) is 36.6 Å². The molecule has 6 nitrogen and oxygen atoms in total. The molecule has 1 fully saturated rings. The number of nitriles is 1. The number of aromatic nitrogens is 3. The highest BCUT2D eigenvalue weighted by atomic mass is 16.1. The third-order valence-corrected chi connectivity index (χ3v) is 5.27. The zero-order valence-corrected chi connectivity index (χ0v) is 16.7. The van der Waals surface area contributed by atoms with E-state index in [0.29, 0.717) is 12.2 Å². The normalized spacial score (nSPS) is 14.4. The van der Waals surface area contributed by atoms with Crippen molar-refractivity contribution < 1.29 is 4.79 Å². The van der Waals surface area contributed by atoms with Crippen LogP contribution in [-0.2, 0) is 11.3 Å². The monoisotopic (exact) mass is 397 g/mol. The number of hydrogen-bond donors (Lipinski definition) is 1. The lowest BCUT2D eigenvalue weighted by Crippen LogP contribution is -2.33. The Morgan fingerprint density at radius 1 is 1.20 bits per heavy atom. The van der Waals surface area contributed by atoms with Crippen LogP contribution < -0.4 is 5.32 Å². The van der Waals surface area contributed by atoms with Gasteiger partial charge in [0, 0.05) is 35.8 Å². The summed E-state index contributed by atoms with van der Waals surface area (Å²) >= 11 is 0. The van der Waals surface area contributed by atoms with Crippen LogP contribution in [0.25, 0.3) is 17.3 Å². The summed E-state index contributed by atoms with van der Waals surface area (Å²) in [5.41, 5.74) is 3.46. The zero-order chi connectivity index (χ0) is 20.8. The van der Waals surface area contributed by atoms with E-state index >= 15 is 0 Å². The Bertz CT molecular complexity index is 1070. The Morgan fingerprint density at radius 3 is 2.70 bits per heavy atom. The van der Waals surface area contributed by atoms with Crippen molar-refractivity contribution in [2.24, 2.45) is 0 Å². The molecule has 0 atom stereocenters. The minimum atomic E-state index is -0.322. The molecule has 6 heteroatoms. The van der Waals surface area contributed by atoms with Crippen molar-refractivity contribution in [3.05, 3.63) is 77.8 Å². The first-order chi connectivity index (χ1) is 14.7. The highest BCUT2D eigenvalue weighted by Gasteiger charge is 2.20. The fourth-order valence-electron chi connectivity index (χ4n) is 3.76. The van der Waals surface area contributed by atoms with Crippen LogP contribution in [0.15, 0.2) is 66.6 Å². The van der Waals surface area contributed by atoms with Gasteiger partial charge in [0.25, 0.3) is 5.91 Å². The average Bonchev–Trinajstić information content (AvgIpc) is 3.43. The molecular weight excluding hydrogens is 374 g/mol. The molecule has 1 aliphatic carbocycles. The van der Waals surface area contributed by atoms with Crippen molar-refractivity contribution in [1.29, 1.82) is 5.26 Å². The molecule has 0 aliphatic heterocycles. The maximum Gasteiger partial charge on any atom is 0.262 e. The second kappa shape index (κ2) is 9.19. The van der Waals surface area contributed by atoms with Gasteiger partial charge >= 0.3 is 0 Å². The summed E-state index contributed by atoms with van der Waals surface area (Å²) in [5, 5.41) is 17.3. The minimum absolute atomic E-state index is 0.0892. The molecule has 0 spiro atoms. The number of amides is 1. The molecule has 0 saturated heterocycles. The zero-order valence-electron chi connectivity index (χ0n) is 16.7. The van der Waals surface area contributed by atoms with Gasteiger partial charge in [-0.3, -0.25) is 14.5 Å². The first-order valence-electron chi connectivity index (χ1n) is 10.2. The molecule has 150 valence electrons. The van der Waals surface area contributed by atoms with Crippen molar-refractivity contribution in [2.45, 2.75) is 38.3 Å². The van der Waals surface area contributed by atoms with E-state index < -0.39 is 0 Å². The van der Waals surface area contributed by atoms with Crippen LogP contribution in [0.4, 0.5) is 0 Å². The van der Waals surface area contributed by atoms with Gasteiger partial charge in [-0.15, -0.1) is 0 Å². The maximum absolute atomic E-state index is 12.6. The van der Waals surface area contributed by atoms with E-state index in [4.69, 9.17) is 5.10 Å². The van der Waals surface area contributed by atoms with Gasteiger partial charge in [-0.25, -0.2) is 0 Å². The highest BCUT2D eigenvalue weighted by molar-refractivity contribution is 6.02. The second-order valence-electron chi connectivity index (χ2n) is 7.48. The number of hydrogen-bond acceptors (Lipinski definition) is 4. The van der Waals surface area contributed by atoms with E-state index in [9.17, 15) is 10.1 Å². The Labute approximate surface area is 175 Å². The van der Waals surface area contributed by atoms with Crippen molar-refractivity contribution in [2.75, 3.05) is 0 Å². The highest BCUT2D eigenvalue weighted by Crippen LogP contribution is 2.24. The molecule has 1 aromatic carbocycles. The number of carbonyl (C=O) groups is 1. The molecule has 2 heterocycles. The summed E-state index contributed by atoms with van der Waals surface area (Å²) in [5.74, 6) is -0.322. The van der Waals surface area contributed by atoms with Crippen molar-refractivity contribution in [3.8, 4) is 17.3 Å². The van der Waals surface area contributed by atoms with Gasteiger partial charge in [-0.1, -0.05) is 43.2 Å². The molecule has 0 unspecified atom stereocenters. The molecule has 30 heavy (non-hydrogen) atoms. The molecule has 1 aliphatic rings.